The first-order valence-electron chi connectivity index (χ1n) is 3.48. The fourth-order valence-electron chi connectivity index (χ4n) is 0.549. The van der Waals surface area contributed by atoms with E-state index in [2.05, 4.69) is 4.18 Å². The van der Waals surface area contributed by atoms with Gasteiger partial charge in [0.15, 0.2) is 0 Å². The lowest BCUT2D eigenvalue weighted by Crippen LogP contribution is -2.21. The Morgan fingerprint density at radius 3 is 1.92 bits per heavy atom. The van der Waals surface area contributed by atoms with E-state index in [4.69, 9.17) is 4.55 Å². The van der Waals surface area contributed by atoms with Gasteiger partial charge in [0.05, 0.1) is 17.6 Å². The molecule has 0 fully saturated rings. The Balaban J connectivity index is 4.22. The molecule has 0 aliphatic carbocycles. The molecule has 0 unspecified atom stereocenters. The van der Waals surface area contributed by atoms with E-state index >= 15 is 0 Å². The minimum atomic E-state index is -4.25. The predicted octanol–water partition coefficient (Wildman–Crippen LogP) is -0.371. The van der Waals surface area contributed by atoms with E-state index in [-0.39, 0.29) is 0 Å². The summed E-state index contributed by atoms with van der Waals surface area (Å²) in [6, 6.07) is 0. The highest BCUT2D eigenvalue weighted by Crippen LogP contribution is 2.00. The predicted molar refractivity (Wildman–Crippen MR) is 46.4 cm³/mol. The molecular formula is C5H12O6S2. The van der Waals surface area contributed by atoms with Gasteiger partial charge in [-0.15, -0.1) is 0 Å². The monoisotopic (exact) mass is 232 g/mol. The van der Waals surface area contributed by atoms with Crippen LogP contribution in [0.2, 0.25) is 0 Å². The topological polar surface area (TPSA) is 97.7 Å². The van der Waals surface area contributed by atoms with Gasteiger partial charge in [0.25, 0.3) is 20.2 Å². The third-order valence-corrected chi connectivity index (χ3v) is 3.29. The fourth-order valence-corrected chi connectivity index (χ4v) is 2.89. The summed E-state index contributed by atoms with van der Waals surface area (Å²) in [5.74, 6) is -1.58. The van der Waals surface area contributed by atoms with Crippen LogP contribution in [0, 0.1) is 0 Å². The molecule has 0 aliphatic rings. The zero-order chi connectivity index (χ0) is 10.7. The number of rotatable bonds is 5. The average molecular weight is 232 g/mol. The first-order valence-corrected chi connectivity index (χ1v) is 6.67. The Morgan fingerprint density at radius 1 is 1.15 bits per heavy atom. The Labute approximate surface area is 77.8 Å². The van der Waals surface area contributed by atoms with Crippen LogP contribution in [0.15, 0.2) is 0 Å². The summed E-state index contributed by atoms with van der Waals surface area (Å²) in [5.41, 5.74) is 0. The van der Waals surface area contributed by atoms with Crippen molar-refractivity contribution >= 4 is 20.2 Å². The minimum absolute atomic E-state index is 0.536. The Kier molecular flexibility index (Phi) is 4.30. The molecule has 0 saturated heterocycles. The summed E-state index contributed by atoms with van der Waals surface area (Å²) < 4.78 is 54.9. The molecule has 1 N–H and O–H groups in total. The summed E-state index contributed by atoms with van der Waals surface area (Å²) >= 11 is 0. The van der Waals surface area contributed by atoms with Crippen LogP contribution in [0.1, 0.15) is 13.8 Å². The van der Waals surface area contributed by atoms with Crippen molar-refractivity contribution in [1.82, 2.24) is 0 Å². The average Bonchev–Trinajstić information content (AvgIpc) is 1.79. The maximum absolute atomic E-state index is 10.9. The molecule has 0 amide bonds. The van der Waals surface area contributed by atoms with Crippen LogP contribution < -0.4 is 0 Å². The van der Waals surface area contributed by atoms with Crippen molar-refractivity contribution in [2.45, 2.75) is 20.0 Å². The maximum atomic E-state index is 10.9. The van der Waals surface area contributed by atoms with Crippen molar-refractivity contribution in [3.63, 3.8) is 0 Å². The van der Waals surface area contributed by atoms with E-state index in [1.165, 1.54) is 13.8 Å². The molecule has 6 nitrogen and oxygen atoms in total. The van der Waals surface area contributed by atoms with Crippen LogP contribution in [0.3, 0.4) is 0 Å². The zero-order valence-corrected chi connectivity index (χ0v) is 8.93. The van der Waals surface area contributed by atoms with Crippen LogP contribution in [0.25, 0.3) is 0 Å². The van der Waals surface area contributed by atoms with Crippen molar-refractivity contribution < 1.29 is 25.6 Å². The van der Waals surface area contributed by atoms with Gasteiger partial charge < -0.3 is 0 Å². The van der Waals surface area contributed by atoms with Crippen molar-refractivity contribution in [3.8, 4) is 0 Å². The standard InChI is InChI=1S/C5H12O6S2/c1-5(2)11-13(9,10)4-3-12(6,7)8/h5H,3-4H2,1-2H3,(H,6,7,8). The third kappa shape index (κ3) is 8.16. The normalized spacial score (nSPS) is 13.5. The molecule has 8 heteroatoms. The van der Waals surface area contributed by atoms with Crippen molar-refractivity contribution in [3.05, 3.63) is 0 Å². The summed E-state index contributed by atoms with van der Waals surface area (Å²) in [6.45, 7) is 3.01. The first kappa shape index (κ1) is 12.8. The smallest absolute Gasteiger partial charge is 0.268 e. The molecule has 0 aliphatic heterocycles. The number of hydrogen-bond donors (Lipinski definition) is 1. The summed E-state index contributed by atoms with van der Waals surface area (Å²) in [4.78, 5) is 0. The highest BCUT2D eigenvalue weighted by Gasteiger charge is 2.17. The van der Waals surface area contributed by atoms with Crippen LogP contribution >= 0.6 is 0 Å². The largest absolute Gasteiger partial charge is 0.286 e. The lowest BCUT2D eigenvalue weighted by atomic mass is 10.5. The minimum Gasteiger partial charge on any atom is -0.286 e. The molecule has 0 rings (SSSR count). The van der Waals surface area contributed by atoms with Gasteiger partial charge in [-0.25, -0.2) is 0 Å². The van der Waals surface area contributed by atoms with Gasteiger partial charge in [0.2, 0.25) is 0 Å². The molecule has 0 bridgehead atoms. The molecule has 80 valence electrons. The van der Waals surface area contributed by atoms with Gasteiger partial charge in [-0.05, 0) is 13.8 Å². The van der Waals surface area contributed by atoms with E-state index in [1.807, 2.05) is 0 Å². The zero-order valence-electron chi connectivity index (χ0n) is 7.30. The molecule has 0 spiro atoms. The van der Waals surface area contributed by atoms with Gasteiger partial charge in [0.1, 0.15) is 0 Å². The molecule has 0 heterocycles. The molecule has 0 aromatic heterocycles. The molecule has 0 radical (unpaired) electrons. The van der Waals surface area contributed by atoms with Crippen molar-refractivity contribution in [2.24, 2.45) is 0 Å². The second-order valence-electron chi connectivity index (χ2n) is 2.69. The van der Waals surface area contributed by atoms with Gasteiger partial charge >= 0.3 is 0 Å². The van der Waals surface area contributed by atoms with E-state index in [9.17, 15) is 16.8 Å². The van der Waals surface area contributed by atoms with Crippen LogP contribution in [0.4, 0.5) is 0 Å². The van der Waals surface area contributed by atoms with Gasteiger partial charge in [-0.1, -0.05) is 0 Å². The van der Waals surface area contributed by atoms with E-state index in [1.54, 1.807) is 0 Å². The van der Waals surface area contributed by atoms with Crippen molar-refractivity contribution in [2.75, 3.05) is 11.5 Å². The number of hydrogen-bond acceptors (Lipinski definition) is 5. The Bertz CT molecular complexity index is 337. The van der Waals surface area contributed by atoms with Crippen molar-refractivity contribution in [1.29, 1.82) is 0 Å². The van der Waals surface area contributed by atoms with Crippen LogP contribution in [-0.2, 0) is 24.4 Å². The molecule has 13 heavy (non-hydrogen) atoms. The maximum Gasteiger partial charge on any atom is 0.268 e. The lowest BCUT2D eigenvalue weighted by molar-refractivity contribution is 0.249. The quantitative estimate of drug-likeness (QED) is 0.513. The second kappa shape index (κ2) is 4.36. The lowest BCUT2D eigenvalue weighted by Gasteiger charge is -2.06. The molecule has 0 saturated carbocycles. The van der Waals surface area contributed by atoms with Crippen LogP contribution in [-0.4, -0.2) is 39.0 Å². The summed E-state index contributed by atoms with van der Waals surface area (Å²) in [6.07, 6.45) is -0.536. The molecule has 0 atom stereocenters. The molecular weight excluding hydrogens is 220 g/mol. The van der Waals surface area contributed by atoms with Gasteiger partial charge in [-0.2, -0.15) is 16.8 Å². The third-order valence-electron chi connectivity index (χ3n) is 0.930. The van der Waals surface area contributed by atoms with E-state index in [0.717, 1.165) is 0 Å². The molecule has 0 aromatic rings. The van der Waals surface area contributed by atoms with Gasteiger partial charge in [-0.3, -0.25) is 8.74 Å². The summed E-state index contributed by atoms with van der Waals surface area (Å²) in [7, 11) is -8.11. The fraction of sp³-hybridized carbons (Fsp3) is 1.00. The second-order valence-corrected chi connectivity index (χ2v) is 5.98. The van der Waals surface area contributed by atoms with E-state index in [0.29, 0.717) is 0 Å². The summed E-state index contributed by atoms with van der Waals surface area (Å²) in [5, 5.41) is 0. The highest BCUT2D eigenvalue weighted by atomic mass is 32.2. The SMILES string of the molecule is CC(C)OS(=O)(=O)CCS(=O)(=O)O. The van der Waals surface area contributed by atoms with Gasteiger partial charge in [0, 0.05) is 0 Å². The van der Waals surface area contributed by atoms with E-state index < -0.39 is 37.8 Å². The Hall–Kier alpha value is -0.180. The van der Waals surface area contributed by atoms with Crippen LogP contribution in [0.5, 0.6) is 0 Å². The highest BCUT2D eigenvalue weighted by molar-refractivity contribution is 7.90. The molecule has 0 aromatic carbocycles. The first-order chi connectivity index (χ1) is 5.62. The Morgan fingerprint density at radius 2 is 1.62 bits per heavy atom.